The molecule has 1 unspecified atom stereocenters. The molecule has 0 aliphatic heterocycles. The van der Waals surface area contributed by atoms with E-state index in [1.54, 1.807) is 23.9 Å². The molecule has 0 radical (unpaired) electrons. The minimum Gasteiger partial charge on any atom is -0.497 e. The van der Waals surface area contributed by atoms with Crippen molar-refractivity contribution in [2.75, 3.05) is 12.4 Å². The lowest BCUT2D eigenvalue weighted by atomic mass is 10.0. The summed E-state index contributed by atoms with van der Waals surface area (Å²) < 4.78 is 6.92. The second kappa shape index (κ2) is 10.5. The van der Waals surface area contributed by atoms with Crippen LogP contribution in [0.25, 0.3) is 16.9 Å². The van der Waals surface area contributed by atoms with Crippen LogP contribution in [0.1, 0.15) is 24.9 Å². The van der Waals surface area contributed by atoms with Crippen molar-refractivity contribution in [2.24, 2.45) is 0 Å². The fourth-order valence-electron chi connectivity index (χ4n) is 3.70. The Morgan fingerprint density at radius 3 is 2.21 bits per heavy atom. The van der Waals surface area contributed by atoms with Gasteiger partial charge >= 0.3 is 0 Å². The van der Waals surface area contributed by atoms with E-state index in [0.717, 1.165) is 22.5 Å². The number of rotatable bonds is 8. The van der Waals surface area contributed by atoms with E-state index in [9.17, 15) is 9.59 Å². The lowest BCUT2D eigenvalue weighted by Gasteiger charge is -2.18. The van der Waals surface area contributed by atoms with Crippen LogP contribution in [0.2, 0.25) is 0 Å². The van der Waals surface area contributed by atoms with Crippen LogP contribution >= 0.6 is 0 Å². The van der Waals surface area contributed by atoms with Gasteiger partial charge in [0.25, 0.3) is 0 Å². The third-order valence-electron chi connectivity index (χ3n) is 5.33. The number of hydrogen-bond donors (Lipinski definition) is 2. The van der Waals surface area contributed by atoms with Crippen LogP contribution < -0.4 is 15.4 Å². The SMILES string of the molecule is COc1ccc(C(CC(=O)Nc2cc(-c3ccccc3)nn2-c2ccccc2)NC(C)=O)cc1. The highest BCUT2D eigenvalue weighted by Crippen LogP contribution is 2.26. The molecule has 2 N–H and O–H groups in total. The van der Waals surface area contributed by atoms with Gasteiger partial charge in [-0.05, 0) is 29.8 Å². The van der Waals surface area contributed by atoms with Gasteiger partial charge in [-0.3, -0.25) is 9.59 Å². The van der Waals surface area contributed by atoms with Crippen LogP contribution in [0.15, 0.2) is 91.0 Å². The van der Waals surface area contributed by atoms with Crippen LogP contribution in [-0.2, 0) is 9.59 Å². The average molecular weight is 455 g/mol. The maximum absolute atomic E-state index is 13.1. The van der Waals surface area contributed by atoms with Crippen LogP contribution in [0.5, 0.6) is 5.75 Å². The Hall–Kier alpha value is -4.39. The molecule has 4 aromatic rings. The van der Waals surface area contributed by atoms with Gasteiger partial charge in [0, 0.05) is 18.6 Å². The average Bonchev–Trinajstić information content (AvgIpc) is 3.28. The van der Waals surface area contributed by atoms with Crippen molar-refractivity contribution in [3.05, 3.63) is 96.6 Å². The van der Waals surface area contributed by atoms with E-state index in [1.165, 1.54) is 6.92 Å². The van der Waals surface area contributed by atoms with Crippen molar-refractivity contribution < 1.29 is 14.3 Å². The van der Waals surface area contributed by atoms with Gasteiger partial charge in [0.1, 0.15) is 11.6 Å². The molecule has 3 aromatic carbocycles. The fourth-order valence-corrected chi connectivity index (χ4v) is 3.70. The molecule has 0 fully saturated rings. The molecule has 1 atom stereocenters. The number of anilines is 1. The summed E-state index contributed by atoms with van der Waals surface area (Å²) >= 11 is 0. The molecule has 34 heavy (non-hydrogen) atoms. The molecular weight excluding hydrogens is 428 g/mol. The highest BCUT2D eigenvalue weighted by atomic mass is 16.5. The van der Waals surface area contributed by atoms with Gasteiger partial charge in [0.2, 0.25) is 11.8 Å². The standard InChI is InChI=1S/C27H26N4O3/c1-19(32)28-24(21-13-15-23(34-2)16-14-21)18-27(33)29-26-17-25(20-9-5-3-6-10-20)30-31(26)22-11-7-4-8-12-22/h3-17,24H,18H2,1-2H3,(H,28,32)(H,29,33). The number of nitrogens with one attached hydrogen (secondary N) is 2. The fraction of sp³-hybridized carbons (Fsp3) is 0.148. The van der Waals surface area contributed by atoms with Crippen molar-refractivity contribution in [3.63, 3.8) is 0 Å². The van der Waals surface area contributed by atoms with Crippen molar-refractivity contribution in [2.45, 2.75) is 19.4 Å². The molecule has 7 nitrogen and oxygen atoms in total. The Labute approximate surface area is 198 Å². The first-order chi connectivity index (χ1) is 16.5. The van der Waals surface area contributed by atoms with Crippen LogP contribution in [0.4, 0.5) is 5.82 Å². The maximum atomic E-state index is 13.1. The van der Waals surface area contributed by atoms with Gasteiger partial charge in [-0.25, -0.2) is 4.68 Å². The smallest absolute Gasteiger partial charge is 0.227 e. The number of carbonyl (C=O) groups excluding carboxylic acids is 2. The largest absolute Gasteiger partial charge is 0.497 e. The van der Waals surface area contributed by atoms with Gasteiger partial charge in [-0.1, -0.05) is 60.7 Å². The molecule has 0 saturated heterocycles. The number of benzene rings is 3. The quantitative estimate of drug-likeness (QED) is 0.402. The number of methoxy groups -OCH3 is 1. The molecule has 0 bridgehead atoms. The molecule has 2 amide bonds. The van der Waals surface area contributed by atoms with Crippen molar-refractivity contribution in [1.82, 2.24) is 15.1 Å². The lowest BCUT2D eigenvalue weighted by Crippen LogP contribution is -2.30. The molecule has 0 saturated carbocycles. The zero-order valence-corrected chi connectivity index (χ0v) is 19.1. The van der Waals surface area contributed by atoms with E-state index in [2.05, 4.69) is 10.6 Å². The van der Waals surface area contributed by atoms with E-state index in [4.69, 9.17) is 9.84 Å². The predicted molar refractivity (Wildman–Crippen MR) is 132 cm³/mol. The van der Waals surface area contributed by atoms with Gasteiger partial charge in [0.05, 0.1) is 31.0 Å². The number of para-hydroxylation sites is 1. The van der Waals surface area contributed by atoms with Crippen LogP contribution in [0, 0.1) is 0 Å². The second-order valence-corrected chi connectivity index (χ2v) is 7.81. The molecule has 4 rings (SSSR count). The number of aromatic nitrogens is 2. The summed E-state index contributed by atoms with van der Waals surface area (Å²) in [5, 5.41) is 10.6. The van der Waals surface area contributed by atoms with Gasteiger partial charge in [-0.15, -0.1) is 0 Å². The zero-order valence-electron chi connectivity index (χ0n) is 19.1. The number of ether oxygens (including phenoxy) is 1. The maximum Gasteiger partial charge on any atom is 0.227 e. The first kappa shape index (κ1) is 22.8. The molecule has 1 heterocycles. The van der Waals surface area contributed by atoms with Crippen molar-refractivity contribution in [1.29, 1.82) is 0 Å². The monoisotopic (exact) mass is 454 g/mol. The number of amides is 2. The Kier molecular flexibility index (Phi) is 7.03. The summed E-state index contributed by atoms with van der Waals surface area (Å²) in [6.45, 7) is 1.44. The summed E-state index contributed by atoms with van der Waals surface area (Å²) in [5.41, 5.74) is 3.33. The predicted octanol–water partition coefficient (Wildman–Crippen LogP) is 4.75. The van der Waals surface area contributed by atoms with Gasteiger partial charge < -0.3 is 15.4 Å². The molecule has 172 valence electrons. The zero-order chi connectivity index (χ0) is 23.9. The minimum absolute atomic E-state index is 0.0621. The van der Waals surface area contributed by atoms with Gasteiger partial charge in [-0.2, -0.15) is 5.10 Å². The van der Waals surface area contributed by atoms with E-state index >= 15 is 0 Å². The third-order valence-corrected chi connectivity index (χ3v) is 5.33. The molecule has 0 aliphatic carbocycles. The summed E-state index contributed by atoms with van der Waals surface area (Å²) in [4.78, 5) is 24.9. The summed E-state index contributed by atoms with van der Waals surface area (Å²) in [6.07, 6.45) is 0.0621. The third kappa shape index (κ3) is 5.50. The molecular formula is C27H26N4O3. The molecule has 7 heteroatoms. The Balaban J connectivity index is 1.60. The molecule has 0 aliphatic rings. The molecule has 0 spiro atoms. The second-order valence-electron chi connectivity index (χ2n) is 7.81. The number of nitrogens with zero attached hydrogens (tertiary/aromatic N) is 2. The topological polar surface area (TPSA) is 85.2 Å². The molecule has 1 aromatic heterocycles. The van der Waals surface area contributed by atoms with E-state index in [1.807, 2.05) is 78.9 Å². The first-order valence-corrected chi connectivity index (χ1v) is 11.0. The van der Waals surface area contributed by atoms with E-state index < -0.39 is 6.04 Å². The first-order valence-electron chi connectivity index (χ1n) is 11.0. The highest BCUT2D eigenvalue weighted by Gasteiger charge is 2.20. The van der Waals surface area contributed by atoms with E-state index in [0.29, 0.717) is 11.6 Å². The Morgan fingerprint density at radius 1 is 0.941 bits per heavy atom. The lowest BCUT2D eigenvalue weighted by molar-refractivity contribution is -0.120. The van der Waals surface area contributed by atoms with Crippen LogP contribution in [-0.4, -0.2) is 28.7 Å². The van der Waals surface area contributed by atoms with Crippen molar-refractivity contribution >= 4 is 17.6 Å². The van der Waals surface area contributed by atoms with Crippen LogP contribution in [0.3, 0.4) is 0 Å². The number of carbonyl (C=O) groups is 2. The van der Waals surface area contributed by atoms with Crippen molar-refractivity contribution in [3.8, 4) is 22.7 Å². The van der Waals surface area contributed by atoms with Gasteiger partial charge in [0.15, 0.2) is 0 Å². The van der Waals surface area contributed by atoms with E-state index in [-0.39, 0.29) is 18.2 Å². The number of hydrogen-bond acceptors (Lipinski definition) is 4. The normalized spacial score (nSPS) is 11.5. The summed E-state index contributed by atoms with van der Waals surface area (Å²) in [7, 11) is 1.59. The summed E-state index contributed by atoms with van der Waals surface area (Å²) in [5.74, 6) is 0.793. The minimum atomic E-state index is -0.481. The Morgan fingerprint density at radius 2 is 1.59 bits per heavy atom. The summed E-state index contributed by atoms with van der Waals surface area (Å²) in [6, 6.07) is 28.1. The highest BCUT2D eigenvalue weighted by molar-refractivity contribution is 5.91. The Bertz CT molecular complexity index is 1250.